The summed E-state index contributed by atoms with van der Waals surface area (Å²) in [5.74, 6) is -1.84. The number of ether oxygens (including phenoxy) is 3. The summed E-state index contributed by atoms with van der Waals surface area (Å²) in [5, 5.41) is 4.66. The average Bonchev–Trinajstić information content (AvgIpc) is 2.67. The highest BCUT2D eigenvalue weighted by Gasteiger charge is 2.22. The zero-order chi connectivity index (χ0) is 19.4. The van der Waals surface area contributed by atoms with Gasteiger partial charge in [-0.2, -0.15) is 0 Å². The van der Waals surface area contributed by atoms with Crippen LogP contribution in [0.1, 0.15) is 18.4 Å². The van der Waals surface area contributed by atoms with Gasteiger partial charge in [-0.05, 0) is 12.0 Å². The van der Waals surface area contributed by atoms with Gasteiger partial charge in [-0.25, -0.2) is 9.59 Å². The van der Waals surface area contributed by atoms with E-state index in [2.05, 4.69) is 20.1 Å². The van der Waals surface area contributed by atoms with Crippen molar-refractivity contribution in [3.63, 3.8) is 0 Å². The van der Waals surface area contributed by atoms with Crippen molar-refractivity contribution in [2.75, 3.05) is 20.8 Å². The Balaban J connectivity index is 2.37. The fourth-order valence-electron chi connectivity index (χ4n) is 1.93. The summed E-state index contributed by atoms with van der Waals surface area (Å²) in [5.41, 5.74) is 0.806. The van der Waals surface area contributed by atoms with Crippen molar-refractivity contribution in [1.82, 2.24) is 10.6 Å². The topological polar surface area (TPSA) is 120 Å². The lowest BCUT2D eigenvalue weighted by atomic mass is 10.1. The molecule has 1 atom stereocenters. The lowest BCUT2D eigenvalue weighted by Crippen LogP contribution is -2.46. The van der Waals surface area contributed by atoms with Crippen LogP contribution >= 0.6 is 0 Å². The van der Waals surface area contributed by atoms with E-state index in [4.69, 9.17) is 4.74 Å². The molecule has 0 bridgehead atoms. The van der Waals surface area contributed by atoms with Gasteiger partial charge in [0.15, 0.2) is 0 Å². The van der Waals surface area contributed by atoms with E-state index in [9.17, 15) is 19.2 Å². The standard InChI is InChI=1S/C17H22N2O7/c1-24-15(21)9-8-13(16(22)25-2)19-14(20)10-18-17(23)26-11-12-6-4-3-5-7-12/h3-7,13H,8-11H2,1-2H3,(H,18,23)(H,19,20). The van der Waals surface area contributed by atoms with Crippen molar-refractivity contribution in [3.05, 3.63) is 35.9 Å². The maximum Gasteiger partial charge on any atom is 0.407 e. The largest absolute Gasteiger partial charge is 0.469 e. The van der Waals surface area contributed by atoms with Gasteiger partial charge in [-0.15, -0.1) is 0 Å². The molecule has 2 amide bonds. The van der Waals surface area contributed by atoms with Crippen LogP contribution in [0.15, 0.2) is 30.3 Å². The van der Waals surface area contributed by atoms with E-state index >= 15 is 0 Å². The van der Waals surface area contributed by atoms with Gasteiger partial charge in [0.1, 0.15) is 19.2 Å². The number of amides is 2. The molecule has 1 aromatic rings. The van der Waals surface area contributed by atoms with Gasteiger partial charge < -0.3 is 24.8 Å². The minimum atomic E-state index is -1.02. The SMILES string of the molecule is COC(=O)CCC(NC(=O)CNC(=O)OCc1ccccc1)C(=O)OC. The normalized spacial score (nSPS) is 11.0. The molecule has 0 aliphatic carbocycles. The van der Waals surface area contributed by atoms with Gasteiger partial charge in [-0.3, -0.25) is 9.59 Å². The van der Waals surface area contributed by atoms with Crippen LogP contribution in [0.5, 0.6) is 0 Å². The highest BCUT2D eigenvalue weighted by molar-refractivity contribution is 5.87. The van der Waals surface area contributed by atoms with Crippen molar-refractivity contribution in [1.29, 1.82) is 0 Å². The molecule has 0 spiro atoms. The third kappa shape index (κ3) is 8.13. The number of rotatable bonds is 9. The number of carbonyl (C=O) groups is 4. The van der Waals surface area contributed by atoms with Gasteiger partial charge in [-0.1, -0.05) is 30.3 Å². The predicted molar refractivity (Wildman–Crippen MR) is 89.8 cm³/mol. The molecule has 0 saturated heterocycles. The third-order valence-electron chi connectivity index (χ3n) is 3.29. The van der Waals surface area contributed by atoms with Crippen LogP contribution < -0.4 is 10.6 Å². The molecule has 1 aromatic carbocycles. The molecule has 0 aliphatic heterocycles. The van der Waals surface area contributed by atoms with E-state index in [1.165, 1.54) is 14.2 Å². The average molecular weight is 366 g/mol. The van der Waals surface area contributed by atoms with Crippen LogP contribution in [0.25, 0.3) is 0 Å². The number of alkyl carbamates (subject to hydrolysis) is 1. The summed E-state index contributed by atoms with van der Waals surface area (Å²) in [7, 11) is 2.39. The summed E-state index contributed by atoms with van der Waals surface area (Å²) in [6, 6.07) is 8.03. The number of methoxy groups -OCH3 is 2. The fraction of sp³-hybridized carbons (Fsp3) is 0.412. The predicted octanol–water partition coefficient (Wildman–Crippen LogP) is 0.524. The number of esters is 2. The molecule has 0 radical (unpaired) electrons. The van der Waals surface area contributed by atoms with Crippen LogP contribution in [0.4, 0.5) is 4.79 Å². The molecular formula is C17H22N2O7. The van der Waals surface area contributed by atoms with Crippen LogP contribution in [0, 0.1) is 0 Å². The first-order chi connectivity index (χ1) is 12.5. The molecule has 0 fully saturated rings. The maximum atomic E-state index is 11.9. The van der Waals surface area contributed by atoms with Gasteiger partial charge >= 0.3 is 18.0 Å². The van der Waals surface area contributed by atoms with Crippen molar-refractivity contribution in [2.45, 2.75) is 25.5 Å². The summed E-state index contributed by atoms with van der Waals surface area (Å²) in [6.45, 7) is -0.322. The van der Waals surface area contributed by atoms with Gasteiger partial charge in [0.05, 0.1) is 14.2 Å². The zero-order valence-corrected chi connectivity index (χ0v) is 14.7. The van der Waals surface area contributed by atoms with Gasteiger partial charge in [0.25, 0.3) is 0 Å². The zero-order valence-electron chi connectivity index (χ0n) is 14.7. The molecule has 1 unspecified atom stereocenters. The maximum absolute atomic E-state index is 11.9. The molecule has 26 heavy (non-hydrogen) atoms. The second-order valence-corrected chi connectivity index (χ2v) is 5.17. The highest BCUT2D eigenvalue weighted by atomic mass is 16.5. The first-order valence-electron chi connectivity index (χ1n) is 7.84. The van der Waals surface area contributed by atoms with Crippen molar-refractivity contribution < 1.29 is 33.4 Å². The van der Waals surface area contributed by atoms with Crippen molar-refractivity contribution in [2.24, 2.45) is 0 Å². The summed E-state index contributed by atoms with van der Waals surface area (Å²) >= 11 is 0. The molecule has 1 rings (SSSR count). The van der Waals surface area contributed by atoms with E-state index in [1.807, 2.05) is 18.2 Å². The molecule has 0 aliphatic rings. The van der Waals surface area contributed by atoms with Gasteiger partial charge in [0, 0.05) is 6.42 Å². The van der Waals surface area contributed by atoms with E-state index in [1.54, 1.807) is 12.1 Å². The van der Waals surface area contributed by atoms with Crippen molar-refractivity contribution >= 4 is 23.9 Å². The van der Waals surface area contributed by atoms with Crippen LogP contribution in [-0.2, 0) is 35.2 Å². The molecule has 0 heterocycles. The fourth-order valence-corrected chi connectivity index (χ4v) is 1.93. The first kappa shape index (κ1) is 20.9. The Bertz CT molecular complexity index is 619. The Labute approximate surface area is 151 Å². The third-order valence-corrected chi connectivity index (χ3v) is 3.29. The lowest BCUT2D eigenvalue weighted by Gasteiger charge is -2.16. The Kier molecular flexibility index (Phi) is 9.23. The van der Waals surface area contributed by atoms with E-state index in [0.29, 0.717) is 0 Å². The summed E-state index contributed by atoms with van der Waals surface area (Å²) in [6.07, 6.45) is -0.819. The van der Waals surface area contributed by atoms with E-state index < -0.39 is 30.0 Å². The molecule has 9 heteroatoms. The molecule has 0 saturated carbocycles. The molecule has 9 nitrogen and oxygen atoms in total. The smallest absolute Gasteiger partial charge is 0.407 e. The van der Waals surface area contributed by atoms with Gasteiger partial charge in [0.2, 0.25) is 5.91 Å². The first-order valence-corrected chi connectivity index (χ1v) is 7.84. The molecule has 142 valence electrons. The molecule has 2 N–H and O–H groups in total. The minimum Gasteiger partial charge on any atom is -0.469 e. The number of hydrogen-bond acceptors (Lipinski definition) is 7. The second-order valence-electron chi connectivity index (χ2n) is 5.17. The summed E-state index contributed by atoms with van der Waals surface area (Å²) in [4.78, 5) is 46.2. The van der Waals surface area contributed by atoms with E-state index in [0.717, 1.165) is 5.56 Å². The second kappa shape index (κ2) is 11.5. The van der Waals surface area contributed by atoms with Crippen molar-refractivity contribution in [3.8, 4) is 0 Å². The monoisotopic (exact) mass is 366 g/mol. The quantitative estimate of drug-likeness (QED) is 0.483. The Hall–Kier alpha value is -3.10. The number of benzene rings is 1. The van der Waals surface area contributed by atoms with Crippen LogP contribution in [0.2, 0.25) is 0 Å². The highest BCUT2D eigenvalue weighted by Crippen LogP contribution is 2.02. The van der Waals surface area contributed by atoms with E-state index in [-0.39, 0.29) is 26.0 Å². The van der Waals surface area contributed by atoms with Crippen LogP contribution in [-0.4, -0.2) is 50.7 Å². The number of nitrogens with one attached hydrogen (secondary N) is 2. The Morgan fingerprint density at radius 2 is 1.73 bits per heavy atom. The summed E-state index contributed by atoms with van der Waals surface area (Å²) < 4.78 is 14.0. The van der Waals surface area contributed by atoms with Crippen LogP contribution in [0.3, 0.4) is 0 Å². The Morgan fingerprint density at radius 1 is 1.04 bits per heavy atom. The number of hydrogen-bond donors (Lipinski definition) is 2. The number of carbonyl (C=O) groups excluding carboxylic acids is 4. The lowest BCUT2D eigenvalue weighted by molar-refractivity contribution is -0.146. The molecule has 0 aromatic heterocycles. The minimum absolute atomic E-state index is 0.0174. The molecular weight excluding hydrogens is 344 g/mol. The Morgan fingerprint density at radius 3 is 2.35 bits per heavy atom.